The third-order valence-corrected chi connectivity index (χ3v) is 7.38. The highest BCUT2D eigenvalue weighted by Gasteiger charge is 2.20. The fraction of sp³-hybridized carbons (Fsp3) is 0.182. The molecular weight excluding hydrogens is 426 g/mol. The standard InChI is InChI=1S/C33H29NO/c35-33-28(22-34-29-15-5-2-6-16-29)19-27(23-10-3-1-4-11-23)21-32(33)30-17-9-14-26-18-24-12-7-8-13-25(24)20-31(26)30/h2,5-9,12-23,35H,1,3-4,10-11H2. The van der Waals surface area contributed by atoms with E-state index in [4.69, 9.17) is 0 Å². The first-order chi connectivity index (χ1) is 17.3. The number of benzene rings is 5. The van der Waals surface area contributed by atoms with E-state index in [-0.39, 0.29) is 0 Å². The summed E-state index contributed by atoms with van der Waals surface area (Å²) in [4.78, 5) is 4.68. The molecule has 0 bridgehead atoms. The molecule has 1 aliphatic carbocycles. The number of aromatic hydroxyl groups is 1. The van der Waals surface area contributed by atoms with Crippen molar-refractivity contribution < 1.29 is 5.11 Å². The van der Waals surface area contributed by atoms with Crippen molar-refractivity contribution >= 4 is 33.4 Å². The normalized spacial score (nSPS) is 14.7. The Hall–Kier alpha value is -3.91. The second-order valence-corrected chi connectivity index (χ2v) is 9.66. The number of phenols is 1. The molecule has 0 spiro atoms. The highest BCUT2D eigenvalue weighted by molar-refractivity contribution is 6.06. The summed E-state index contributed by atoms with van der Waals surface area (Å²) >= 11 is 0. The molecule has 0 saturated heterocycles. The Labute approximate surface area is 206 Å². The third kappa shape index (κ3) is 4.33. The van der Waals surface area contributed by atoms with Gasteiger partial charge in [0.05, 0.1) is 5.69 Å². The van der Waals surface area contributed by atoms with E-state index in [1.54, 1.807) is 0 Å². The second-order valence-electron chi connectivity index (χ2n) is 9.66. The Balaban J connectivity index is 1.54. The van der Waals surface area contributed by atoms with Gasteiger partial charge in [0, 0.05) is 17.3 Å². The van der Waals surface area contributed by atoms with Gasteiger partial charge in [-0.1, -0.05) is 79.9 Å². The molecular formula is C33H29NO. The van der Waals surface area contributed by atoms with Crippen LogP contribution in [0, 0.1) is 0 Å². The van der Waals surface area contributed by atoms with Crippen molar-refractivity contribution in [3.8, 4) is 16.9 Å². The monoisotopic (exact) mass is 455 g/mol. The van der Waals surface area contributed by atoms with Gasteiger partial charge in [-0.2, -0.15) is 0 Å². The largest absolute Gasteiger partial charge is 0.507 e. The molecule has 5 aromatic rings. The summed E-state index contributed by atoms with van der Waals surface area (Å²) in [5.74, 6) is 0.827. The summed E-state index contributed by atoms with van der Waals surface area (Å²) in [6, 6.07) is 33.7. The van der Waals surface area contributed by atoms with E-state index in [0.717, 1.165) is 27.8 Å². The van der Waals surface area contributed by atoms with Gasteiger partial charge in [0.1, 0.15) is 5.75 Å². The molecule has 0 unspecified atom stereocenters. The summed E-state index contributed by atoms with van der Waals surface area (Å²) in [7, 11) is 0. The van der Waals surface area contributed by atoms with Crippen molar-refractivity contribution in [2.75, 3.05) is 0 Å². The van der Waals surface area contributed by atoms with Crippen LogP contribution in [-0.2, 0) is 0 Å². The van der Waals surface area contributed by atoms with Crippen LogP contribution in [0.25, 0.3) is 32.7 Å². The number of fused-ring (bicyclic) bond motifs is 2. The Bertz CT molecular complexity index is 1530. The molecule has 1 N–H and O–H groups in total. The lowest BCUT2D eigenvalue weighted by molar-refractivity contribution is 0.442. The van der Waals surface area contributed by atoms with Crippen LogP contribution >= 0.6 is 0 Å². The van der Waals surface area contributed by atoms with Crippen LogP contribution in [0.1, 0.15) is 49.1 Å². The molecule has 35 heavy (non-hydrogen) atoms. The number of aliphatic imine (C=N–C) groups is 1. The lowest BCUT2D eigenvalue weighted by Crippen LogP contribution is -2.05. The average Bonchev–Trinajstić information content (AvgIpc) is 2.92. The molecule has 5 aromatic carbocycles. The Kier molecular flexibility index (Phi) is 5.79. The molecule has 0 aliphatic heterocycles. The number of phenolic OH excluding ortho intramolecular Hbond substituents is 1. The molecule has 0 amide bonds. The van der Waals surface area contributed by atoms with E-state index in [1.165, 1.54) is 53.8 Å². The number of hydrogen-bond acceptors (Lipinski definition) is 2. The van der Waals surface area contributed by atoms with E-state index in [1.807, 2.05) is 36.5 Å². The zero-order valence-corrected chi connectivity index (χ0v) is 19.8. The Morgan fingerprint density at radius 1 is 0.657 bits per heavy atom. The first-order valence-electron chi connectivity index (χ1n) is 12.6. The lowest BCUT2D eigenvalue weighted by atomic mass is 9.82. The molecule has 0 aromatic heterocycles. The van der Waals surface area contributed by atoms with Crippen molar-refractivity contribution in [1.82, 2.24) is 0 Å². The van der Waals surface area contributed by atoms with Crippen molar-refractivity contribution in [2.45, 2.75) is 38.0 Å². The summed E-state index contributed by atoms with van der Waals surface area (Å²) in [5, 5.41) is 16.3. The summed E-state index contributed by atoms with van der Waals surface area (Å²) in [6.45, 7) is 0. The smallest absolute Gasteiger partial charge is 0.132 e. The van der Waals surface area contributed by atoms with E-state index in [2.05, 4.69) is 71.7 Å². The van der Waals surface area contributed by atoms with Gasteiger partial charge in [0.15, 0.2) is 0 Å². The zero-order chi connectivity index (χ0) is 23.6. The second kappa shape index (κ2) is 9.38. The predicted molar refractivity (Wildman–Crippen MR) is 148 cm³/mol. The van der Waals surface area contributed by atoms with Crippen LogP contribution in [0.2, 0.25) is 0 Å². The topological polar surface area (TPSA) is 32.6 Å². The van der Waals surface area contributed by atoms with E-state index in [0.29, 0.717) is 11.7 Å². The van der Waals surface area contributed by atoms with Crippen molar-refractivity contribution in [3.63, 3.8) is 0 Å². The highest BCUT2D eigenvalue weighted by Crippen LogP contribution is 2.42. The zero-order valence-electron chi connectivity index (χ0n) is 19.8. The van der Waals surface area contributed by atoms with Gasteiger partial charge in [-0.25, -0.2) is 0 Å². The molecule has 1 aliphatic rings. The van der Waals surface area contributed by atoms with Gasteiger partial charge in [0.25, 0.3) is 0 Å². The minimum atomic E-state index is 0.296. The minimum Gasteiger partial charge on any atom is -0.507 e. The summed E-state index contributed by atoms with van der Waals surface area (Å²) < 4.78 is 0. The SMILES string of the molecule is Oc1c(C=Nc2ccccc2)cc(C2CCCCC2)cc1-c1cccc2cc3ccccc3cc12. The van der Waals surface area contributed by atoms with Crippen molar-refractivity contribution in [3.05, 3.63) is 108 Å². The van der Waals surface area contributed by atoms with Gasteiger partial charge in [-0.15, -0.1) is 0 Å². The van der Waals surface area contributed by atoms with Crippen molar-refractivity contribution in [2.24, 2.45) is 4.99 Å². The first-order valence-corrected chi connectivity index (χ1v) is 12.6. The summed E-state index contributed by atoms with van der Waals surface area (Å²) in [5.41, 5.74) is 4.93. The third-order valence-electron chi connectivity index (χ3n) is 7.38. The molecule has 1 saturated carbocycles. The number of nitrogens with zero attached hydrogens (tertiary/aromatic N) is 1. The van der Waals surface area contributed by atoms with Crippen LogP contribution < -0.4 is 0 Å². The predicted octanol–water partition coefficient (Wildman–Crippen LogP) is 9.16. The van der Waals surface area contributed by atoms with Gasteiger partial charge in [-0.3, -0.25) is 4.99 Å². The van der Waals surface area contributed by atoms with E-state index < -0.39 is 0 Å². The lowest BCUT2D eigenvalue weighted by Gasteiger charge is -2.24. The molecule has 2 heteroatoms. The number of para-hydroxylation sites is 1. The molecule has 6 rings (SSSR count). The molecule has 0 radical (unpaired) electrons. The van der Waals surface area contributed by atoms with Crippen LogP contribution in [-0.4, -0.2) is 11.3 Å². The Morgan fingerprint density at radius 3 is 2.17 bits per heavy atom. The van der Waals surface area contributed by atoms with E-state index >= 15 is 0 Å². The molecule has 1 fully saturated rings. The quantitative estimate of drug-likeness (QED) is 0.213. The van der Waals surface area contributed by atoms with Gasteiger partial charge in [-0.05, 0) is 87.8 Å². The summed E-state index contributed by atoms with van der Waals surface area (Å²) in [6.07, 6.45) is 8.10. The Morgan fingerprint density at radius 2 is 1.37 bits per heavy atom. The maximum atomic E-state index is 11.5. The fourth-order valence-corrected chi connectivity index (χ4v) is 5.52. The van der Waals surface area contributed by atoms with E-state index in [9.17, 15) is 5.11 Å². The van der Waals surface area contributed by atoms with Gasteiger partial charge in [0.2, 0.25) is 0 Å². The molecule has 0 heterocycles. The maximum absolute atomic E-state index is 11.5. The molecule has 0 atom stereocenters. The first kappa shape index (κ1) is 21.6. The minimum absolute atomic E-state index is 0.296. The molecule has 2 nitrogen and oxygen atoms in total. The van der Waals surface area contributed by atoms with Crippen LogP contribution in [0.4, 0.5) is 5.69 Å². The average molecular weight is 456 g/mol. The maximum Gasteiger partial charge on any atom is 0.132 e. The highest BCUT2D eigenvalue weighted by atomic mass is 16.3. The number of hydrogen-bond donors (Lipinski definition) is 1. The molecule has 172 valence electrons. The van der Waals surface area contributed by atoms with Crippen LogP contribution in [0.3, 0.4) is 0 Å². The van der Waals surface area contributed by atoms with Crippen molar-refractivity contribution in [1.29, 1.82) is 0 Å². The van der Waals surface area contributed by atoms with Gasteiger partial charge >= 0.3 is 0 Å². The fourth-order valence-electron chi connectivity index (χ4n) is 5.52. The number of rotatable bonds is 4. The van der Waals surface area contributed by atoms with Gasteiger partial charge < -0.3 is 5.11 Å². The van der Waals surface area contributed by atoms with Crippen LogP contribution in [0.15, 0.2) is 102 Å². The van der Waals surface area contributed by atoms with Crippen LogP contribution in [0.5, 0.6) is 5.75 Å².